The fraction of sp³-hybridized carbons (Fsp3) is 0.696. The molecule has 1 aliphatic heterocycles. The van der Waals surface area contributed by atoms with Crippen LogP contribution in [-0.2, 0) is 11.2 Å². The number of aryl methyl sites for hydroxylation is 1. The molecule has 2 aromatic heterocycles. The van der Waals surface area contributed by atoms with Crippen molar-refractivity contribution in [2.45, 2.75) is 88.4 Å². The van der Waals surface area contributed by atoms with E-state index < -0.39 is 12.0 Å². The number of hydrogen-bond acceptors (Lipinski definition) is 7. The van der Waals surface area contributed by atoms with Crippen molar-refractivity contribution in [2.24, 2.45) is 5.73 Å². The number of likely N-dealkylation sites (tertiary alicyclic amines) is 1. The van der Waals surface area contributed by atoms with E-state index in [-0.39, 0.29) is 12.0 Å². The maximum atomic E-state index is 11.4. The van der Waals surface area contributed by atoms with Crippen LogP contribution in [0.25, 0.3) is 10.2 Å². The molecular formula is C23H32N4O3S. The normalized spacial score (nSPS) is 27.8. The van der Waals surface area contributed by atoms with Crippen molar-refractivity contribution in [3.05, 3.63) is 16.8 Å². The number of fused-ring (bicyclic) bond motifs is 3. The van der Waals surface area contributed by atoms with E-state index in [0.29, 0.717) is 18.3 Å². The minimum absolute atomic E-state index is 0.0921. The Morgan fingerprint density at radius 2 is 1.97 bits per heavy atom. The highest BCUT2D eigenvalue weighted by atomic mass is 32.1. The molecule has 1 unspecified atom stereocenters. The first-order valence-electron chi connectivity index (χ1n) is 11.7. The van der Waals surface area contributed by atoms with Crippen molar-refractivity contribution in [2.75, 3.05) is 13.1 Å². The largest absolute Gasteiger partial charge is 0.474 e. The van der Waals surface area contributed by atoms with Gasteiger partial charge < -0.3 is 20.5 Å². The van der Waals surface area contributed by atoms with E-state index in [1.807, 2.05) is 0 Å². The Hall–Kier alpha value is -1.77. The highest BCUT2D eigenvalue weighted by Crippen LogP contribution is 2.47. The molecule has 1 amide bonds. The van der Waals surface area contributed by atoms with E-state index in [4.69, 9.17) is 10.5 Å². The van der Waals surface area contributed by atoms with Gasteiger partial charge in [0.05, 0.1) is 5.39 Å². The van der Waals surface area contributed by atoms with Crippen LogP contribution >= 0.6 is 11.3 Å². The Bertz CT molecular complexity index is 934. The molecule has 168 valence electrons. The van der Waals surface area contributed by atoms with Crippen molar-refractivity contribution in [3.63, 3.8) is 0 Å². The standard InChI is InChI=1S/C23H32N4O3S/c24-21(29)17(28)12-14-4-9-18-19(14)20-22(25-13-26-23(20)31-18)30-16-7-5-15(6-8-16)27-10-2-1-3-11-27/h13-17,28H,1-12H2,(H2,24,29)/t14-,15-,16-,17?/m1/s1. The Balaban J connectivity index is 1.31. The van der Waals surface area contributed by atoms with Crippen LogP contribution in [0.1, 0.15) is 74.1 Å². The molecule has 1 saturated carbocycles. The number of rotatable bonds is 6. The maximum Gasteiger partial charge on any atom is 0.246 e. The Morgan fingerprint density at radius 1 is 1.19 bits per heavy atom. The van der Waals surface area contributed by atoms with Crippen molar-refractivity contribution in [3.8, 4) is 5.88 Å². The van der Waals surface area contributed by atoms with E-state index in [9.17, 15) is 9.90 Å². The second-order valence-electron chi connectivity index (χ2n) is 9.33. The third-order valence-electron chi connectivity index (χ3n) is 7.36. The van der Waals surface area contributed by atoms with E-state index in [0.717, 1.165) is 41.5 Å². The number of thiophene rings is 1. The molecule has 0 aromatic carbocycles. The highest BCUT2D eigenvalue weighted by molar-refractivity contribution is 7.19. The van der Waals surface area contributed by atoms with Gasteiger partial charge in [-0.3, -0.25) is 4.79 Å². The van der Waals surface area contributed by atoms with Crippen LogP contribution in [0, 0.1) is 0 Å². The second kappa shape index (κ2) is 9.00. The van der Waals surface area contributed by atoms with Crippen molar-refractivity contribution in [1.82, 2.24) is 14.9 Å². The number of aliphatic hydroxyl groups excluding tert-OH is 1. The molecule has 8 heteroatoms. The van der Waals surface area contributed by atoms with Gasteiger partial charge in [-0.1, -0.05) is 6.42 Å². The summed E-state index contributed by atoms with van der Waals surface area (Å²) in [5.74, 6) is 0.102. The predicted molar refractivity (Wildman–Crippen MR) is 120 cm³/mol. The van der Waals surface area contributed by atoms with E-state index in [2.05, 4.69) is 14.9 Å². The molecule has 1 saturated heterocycles. The zero-order chi connectivity index (χ0) is 21.4. The summed E-state index contributed by atoms with van der Waals surface area (Å²) in [4.78, 5) is 25.3. The average Bonchev–Trinajstić information content (AvgIpc) is 3.35. The maximum absolute atomic E-state index is 11.4. The van der Waals surface area contributed by atoms with Gasteiger partial charge in [0.1, 0.15) is 23.4 Å². The SMILES string of the molecule is NC(=O)C(O)C[C@H]1CCc2sc3ncnc(O[C@H]4CC[C@H](N5CCCCC5)CC4)c3c21. The van der Waals surface area contributed by atoms with E-state index >= 15 is 0 Å². The number of nitrogens with zero attached hydrogens (tertiary/aromatic N) is 3. The molecule has 3 aliphatic rings. The van der Waals surface area contributed by atoms with Gasteiger partial charge in [-0.2, -0.15) is 0 Å². The Labute approximate surface area is 187 Å². The molecule has 7 nitrogen and oxygen atoms in total. The third kappa shape index (κ3) is 4.30. The lowest BCUT2D eigenvalue weighted by molar-refractivity contribution is -0.126. The van der Waals surface area contributed by atoms with Crippen LogP contribution in [0.3, 0.4) is 0 Å². The molecule has 3 heterocycles. The summed E-state index contributed by atoms with van der Waals surface area (Å²) in [5.41, 5.74) is 6.47. The van der Waals surface area contributed by atoms with Crippen LogP contribution in [0.2, 0.25) is 0 Å². The summed E-state index contributed by atoms with van der Waals surface area (Å²) in [5, 5.41) is 11.0. The molecule has 2 aliphatic carbocycles. The van der Waals surface area contributed by atoms with Crippen molar-refractivity contribution >= 4 is 27.5 Å². The lowest BCUT2D eigenvalue weighted by Crippen LogP contribution is -2.42. The summed E-state index contributed by atoms with van der Waals surface area (Å²) < 4.78 is 6.47. The van der Waals surface area contributed by atoms with Crippen molar-refractivity contribution in [1.29, 1.82) is 0 Å². The van der Waals surface area contributed by atoms with E-state index in [1.165, 1.54) is 50.1 Å². The number of amides is 1. The van der Waals surface area contributed by atoms with Gasteiger partial charge in [-0.15, -0.1) is 11.3 Å². The van der Waals surface area contributed by atoms with Crippen LogP contribution in [0.5, 0.6) is 5.88 Å². The fourth-order valence-electron chi connectivity index (χ4n) is 5.72. The molecule has 0 bridgehead atoms. The molecule has 2 fully saturated rings. The molecule has 5 rings (SSSR count). The highest BCUT2D eigenvalue weighted by Gasteiger charge is 2.34. The topological polar surface area (TPSA) is 102 Å². The monoisotopic (exact) mass is 444 g/mol. The van der Waals surface area contributed by atoms with Gasteiger partial charge in [0, 0.05) is 10.9 Å². The molecular weight excluding hydrogens is 412 g/mol. The Morgan fingerprint density at radius 3 is 2.71 bits per heavy atom. The van der Waals surface area contributed by atoms with Crippen LogP contribution in [0.15, 0.2) is 6.33 Å². The van der Waals surface area contributed by atoms with Gasteiger partial charge in [-0.05, 0) is 82.4 Å². The van der Waals surface area contributed by atoms with Gasteiger partial charge in [-0.25, -0.2) is 9.97 Å². The summed E-state index contributed by atoms with van der Waals surface area (Å²) in [6, 6.07) is 0.704. The number of ether oxygens (including phenoxy) is 1. The van der Waals surface area contributed by atoms with Crippen LogP contribution in [-0.4, -0.2) is 57.2 Å². The summed E-state index contributed by atoms with van der Waals surface area (Å²) in [6.07, 6.45) is 11.4. The van der Waals surface area contributed by atoms with Crippen molar-refractivity contribution < 1.29 is 14.6 Å². The predicted octanol–water partition coefficient (Wildman–Crippen LogP) is 3.13. The van der Waals surface area contributed by atoms with Gasteiger partial charge in [0.2, 0.25) is 11.8 Å². The zero-order valence-electron chi connectivity index (χ0n) is 18.0. The molecule has 3 N–H and O–H groups in total. The van der Waals surface area contributed by atoms with Crippen LogP contribution in [0.4, 0.5) is 0 Å². The summed E-state index contributed by atoms with van der Waals surface area (Å²) >= 11 is 1.69. The molecule has 0 radical (unpaired) electrons. The number of aliphatic hydroxyl groups is 1. The molecule has 2 aromatic rings. The lowest BCUT2D eigenvalue weighted by Gasteiger charge is -2.38. The zero-order valence-corrected chi connectivity index (χ0v) is 18.8. The minimum Gasteiger partial charge on any atom is -0.474 e. The van der Waals surface area contributed by atoms with Gasteiger partial charge in [0.25, 0.3) is 0 Å². The number of carbonyl (C=O) groups excluding carboxylic acids is 1. The lowest BCUT2D eigenvalue weighted by atomic mass is 9.90. The number of primary amides is 1. The third-order valence-corrected chi connectivity index (χ3v) is 8.53. The number of nitrogens with two attached hydrogens (primary N) is 1. The number of aromatic nitrogens is 2. The number of piperidine rings is 1. The Kier molecular flexibility index (Phi) is 6.12. The first kappa shape index (κ1) is 21.1. The number of hydrogen-bond donors (Lipinski definition) is 2. The summed E-state index contributed by atoms with van der Waals surface area (Å²) in [7, 11) is 0. The summed E-state index contributed by atoms with van der Waals surface area (Å²) in [6.45, 7) is 2.50. The smallest absolute Gasteiger partial charge is 0.246 e. The van der Waals surface area contributed by atoms with Crippen LogP contribution < -0.4 is 10.5 Å². The first-order valence-corrected chi connectivity index (χ1v) is 12.6. The van der Waals surface area contributed by atoms with Gasteiger partial charge in [0.15, 0.2) is 0 Å². The second-order valence-corrected chi connectivity index (χ2v) is 10.4. The molecule has 0 spiro atoms. The average molecular weight is 445 g/mol. The minimum atomic E-state index is -1.12. The molecule has 31 heavy (non-hydrogen) atoms. The van der Waals surface area contributed by atoms with E-state index in [1.54, 1.807) is 17.7 Å². The fourth-order valence-corrected chi connectivity index (χ4v) is 6.95. The first-order chi connectivity index (χ1) is 15.1. The molecule has 2 atom stereocenters. The number of carbonyl (C=O) groups is 1. The quantitative estimate of drug-likeness (QED) is 0.710. The van der Waals surface area contributed by atoms with Gasteiger partial charge >= 0.3 is 0 Å².